The van der Waals surface area contributed by atoms with Crippen LogP contribution in [0.5, 0.6) is 11.5 Å². The molecule has 1 aromatic heterocycles. The zero-order valence-corrected chi connectivity index (χ0v) is 24.2. The van der Waals surface area contributed by atoms with E-state index in [1.807, 2.05) is 66.9 Å². The van der Waals surface area contributed by atoms with Crippen LogP contribution in [0.3, 0.4) is 0 Å². The van der Waals surface area contributed by atoms with Gasteiger partial charge in [0.1, 0.15) is 18.1 Å². The Labute approximate surface area is 240 Å². The van der Waals surface area contributed by atoms with E-state index in [9.17, 15) is 9.59 Å². The van der Waals surface area contributed by atoms with Crippen molar-refractivity contribution in [3.63, 3.8) is 0 Å². The number of benzene rings is 3. The molecule has 0 aliphatic carbocycles. The van der Waals surface area contributed by atoms with Crippen LogP contribution in [0.1, 0.15) is 29.7 Å². The third-order valence-electron chi connectivity index (χ3n) is 6.61. The first kappa shape index (κ1) is 27.5. The van der Waals surface area contributed by atoms with Crippen LogP contribution in [-0.2, 0) is 16.1 Å². The Hall–Kier alpha value is -4.08. The number of fused-ring (bicyclic) bond motifs is 1. The van der Waals surface area contributed by atoms with Gasteiger partial charge in [-0.3, -0.25) is 9.36 Å². The first-order valence-corrected chi connectivity index (χ1v) is 14.6. The zero-order chi connectivity index (χ0) is 28.2. The summed E-state index contributed by atoms with van der Waals surface area (Å²) in [5.74, 6) is 0.746. The Kier molecular flexibility index (Phi) is 8.23. The number of carbonyl (C=O) groups is 1. The topological polar surface area (TPSA) is 79.1 Å². The Bertz CT molecular complexity index is 1760. The van der Waals surface area contributed by atoms with E-state index >= 15 is 0 Å². The fraction of sp³-hybridized carbons (Fsp3) is 0.194. The van der Waals surface area contributed by atoms with E-state index in [2.05, 4.69) is 0 Å². The highest BCUT2D eigenvalue weighted by atomic mass is 32.2. The molecule has 0 saturated heterocycles. The molecule has 0 amide bonds. The van der Waals surface area contributed by atoms with Crippen LogP contribution in [0, 0.1) is 0 Å². The van der Waals surface area contributed by atoms with E-state index in [0.717, 1.165) is 16.0 Å². The zero-order valence-electron chi connectivity index (χ0n) is 22.5. The first-order chi connectivity index (χ1) is 19.4. The van der Waals surface area contributed by atoms with Crippen molar-refractivity contribution in [3.05, 3.63) is 120 Å². The lowest BCUT2D eigenvalue weighted by Gasteiger charge is -2.25. The van der Waals surface area contributed by atoms with Crippen LogP contribution in [0.15, 0.2) is 98.7 Å². The van der Waals surface area contributed by atoms with E-state index in [0.29, 0.717) is 37.7 Å². The molecule has 0 radical (unpaired) electrons. The summed E-state index contributed by atoms with van der Waals surface area (Å²) in [7, 11) is 3.17. The van der Waals surface area contributed by atoms with E-state index in [-0.39, 0.29) is 12.2 Å². The van der Waals surface area contributed by atoms with Gasteiger partial charge < -0.3 is 14.2 Å². The van der Waals surface area contributed by atoms with Crippen molar-refractivity contribution in [2.45, 2.75) is 24.5 Å². The van der Waals surface area contributed by atoms with E-state index in [1.54, 1.807) is 55.7 Å². The molecule has 1 unspecified atom stereocenters. The van der Waals surface area contributed by atoms with Crippen molar-refractivity contribution in [3.8, 4) is 11.5 Å². The second kappa shape index (κ2) is 12.0. The summed E-state index contributed by atoms with van der Waals surface area (Å²) >= 11 is 2.89. The molecule has 2 heterocycles. The summed E-state index contributed by atoms with van der Waals surface area (Å²) in [4.78, 5) is 33.8. The highest BCUT2D eigenvalue weighted by Gasteiger charge is 2.33. The molecule has 9 heteroatoms. The predicted molar refractivity (Wildman–Crippen MR) is 158 cm³/mol. The van der Waals surface area contributed by atoms with Gasteiger partial charge in [-0.25, -0.2) is 9.79 Å². The Morgan fingerprint density at radius 2 is 1.80 bits per heavy atom. The van der Waals surface area contributed by atoms with Gasteiger partial charge in [-0.05, 0) is 60.7 Å². The number of rotatable bonds is 8. The summed E-state index contributed by atoms with van der Waals surface area (Å²) in [6.07, 6.45) is 3.77. The molecule has 1 atom stereocenters. The maximum absolute atomic E-state index is 14.0. The number of aromatic nitrogens is 1. The molecule has 1 aliphatic heterocycles. The number of hydrogen-bond donors (Lipinski definition) is 0. The maximum Gasteiger partial charge on any atom is 0.338 e. The second-order valence-electron chi connectivity index (χ2n) is 9.02. The minimum atomic E-state index is -0.690. The highest BCUT2D eigenvalue weighted by Crippen LogP contribution is 2.32. The number of thioether (sulfide) groups is 1. The molecule has 7 nitrogen and oxygen atoms in total. The summed E-state index contributed by atoms with van der Waals surface area (Å²) in [5.41, 5.74) is 2.97. The van der Waals surface area contributed by atoms with Crippen molar-refractivity contribution in [2.75, 3.05) is 20.5 Å². The number of nitrogens with zero attached hydrogens (tertiary/aromatic N) is 2. The lowest BCUT2D eigenvalue weighted by Crippen LogP contribution is -2.39. The number of hydrogen-bond acceptors (Lipinski definition) is 8. The summed E-state index contributed by atoms with van der Waals surface area (Å²) in [5, 5.41) is 0. The molecule has 0 bridgehead atoms. The van der Waals surface area contributed by atoms with Crippen LogP contribution in [-0.4, -0.2) is 31.0 Å². The van der Waals surface area contributed by atoms with Crippen molar-refractivity contribution >= 4 is 35.1 Å². The standard InChI is InChI=1S/C31H28N2O5S2/c1-19-27(30(35)38-18-20-8-6-5-7-9-20)28(21-10-13-24(39-4)14-11-21)33-29(34)26(40-31(33)32-19)17-22-16-23(36-2)12-15-25(22)37-3/h5-17,28H,18H2,1-4H3. The molecule has 204 valence electrons. The second-order valence-corrected chi connectivity index (χ2v) is 10.9. The summed E-state index contributed by atoms with van der Waals surface area (Å²) in [6, 6.07) is 22.1. The van der Waals surface area contributed by atoms with Gasteiger partial charge in [-0.1, -0.05) is 53.8 Å². The maximum atomic E-state index is 14.0. The number of esters is 1. The lowest BCUT2D eigenvalue weighted by molar-refractivity contribution is -0.140. The van der Waals surface area contributed by atoms with Crippen LogP contribution in [0.2, 0.25) is 0 Å². The molecule has 4 aromatic rings. The fourth-order valence-electron chi connectivity index (χ4n) is 4.58. The molecule has 0 spiro atoms. The van der Waals surface area contributed by atoms with Crippen LogP contribution in [0.25, 0.3) is 6.08 Å². The minimum absolute atomic E-state index is 0.120. The van der Waals surface area contributed by atoms with E-state index in [1.165, 1.54) is 11.3 Å². The highest BCUT2D eigenvalue weighted by molar-refractivity contribution is 7.98. The monoisotopic (exact) mass is 572 g/mol. The van der Waals surface area contributed by atoms with Gasteiger partial charge in [0.2, 0.25) is 0 Å². The molecular weight excluding hydrogens is 544 g/mol. The van der Waals surface area contributed by atoms with Crippen LogP contribution >= 0.6 is 23.1 Å². The van der Waals surface area contributed by atoms with Crippen molar-refractivity contribution in [2.24, 2.45) is 4.99 Å². The average Bonchev–Trinajstić information content (AvgIpc) is 3.29. The molecule has 0 N–H and O–H groups in total. The predicted octanol–water partition coefficient (Wildman–Crippen LogP) is 4.72. The molecule has 0 fully saturated rings. The van der Waals surface area contributed by atoms with Gasteiger partial charge in [-0.15, -0.1) is 11.8 Å². The van der Waals surface area contributed by atoms with E-state index < -0.39 is 12.0 Å². The minimum Gasteiger partial charge on any atom is -0.497 e. The first-order valence-electron chi connectivity index (χ1n) is 12.5. The summed E-state index contributed by atoms with van der Waals surface area (Å²) < 4.78 is 18.7. The van der Waals surface area contributed by atoms with Gasteiger partial charge in [0.25, 0.3) is 5.56 Å². The van der Waals surface area contributed by atoms with Gasteiger partial charge in [0, 0.05) is 10.5 Å². The van der Waals surface area contributed by atoms with Crippen molar-refractivity contribution in [1.29, 1.82) is 0 Å². The fourth-order valence-corrected chi connectivity index (χ4v) is 6.02. The number of carbonyl (C=O) groups excluding carboxylic acids is 1. The molecular formula is C31H28N2O5S2. The van der Waals surface area contributed by atoms with Crippen LogP contribution in [0.4, 0.5) is 0 Å². The number of allylic oxidation sites excluding steroid dienone is 1. The molecule has 40 heavy (non-hydrogen) atoms. The SMILES string of the molecule is COc1ccc(OC)c(C=c2sc3n(c2=O)C(c2ccc(SC)cc2)C(C(=O)OCc2ccccc2)=C(C)N=3)c1. The number of ether oxygens (including phenoxy) is 3. The largest absolute Gasteiger partial charge is 0.497 e. The lowest BCUT2D eigenvalue weighted by atomic mass is 9.96. The molecule has 5 rings (SSSR count). The van der Waals surface area contributed by atoms with Gasteiger partial charge >= 0.3 is 5.97 Å². The summed E-state index contributed by atoms with van der Waals surface area (Å²) in [6.45, 7) is 1.90. The number of thiazole rings is 1. The third-order valence-corrected chi connectivity index (χ3v) is 8.34. The van der Waals surface area contributed by atoms with Gasteiger partial charge in [0.05, 0.1) is 36.1 Å². The van der Waals surface area contributed by atoms with Gasteiger partial charge in [-0.2, -0.15) is 0 Å². The molecule has 0 saturated carbocycles. The Morgan fingerprint density at radius 3 is 2.48 bits per heavy atom. The average molecular weight is 573 g/mol. The van der Waals surface area contributed by atoms with Crippen molar-refractivity contribution in [1.82, 2.24) is 4.57 Å². The molecule has 1 aliphatic rings. The molecule has 3 aromatic carbocycles. The van der Waals surface area contributed by atoms with Crippen molar-refractivity contribution < 1.29 is 19.0 Å². The smallest absolute Gasteiger partial charge is 0.338 e. The quantitative estimate of drug-likeness (QED) is 0.225. The van der Waals surface area contributed by atoms with Gasteiger partial charge in [0.15, 0.2) is 4.80 Å². The third kappa shape index (κ3) is 5.48. The number of methoxy groups -OCH3 is 2. The van der Waals surface area contributed by atoms with E-state index in [4.69, 9.17) is 19.2 Å². The Balaban J connectivity index is 1.64. The normalized spacial score (nSPS) is 14.9. The Morgan fingerprint density at radius 1 is 1.05 bits per heavy atom. The van der Waals surface area contributed by atoms with Crippen LogP contribution < -0.4 is 24.4 Å².